The number of rotatable bonds is 8. The van der Waals surface area contributed by atoms with Gasteiger partial charge in [-0.15, -0.1) is 0 Å². The summed E-state index contributed by atoms with van der Waals surface area (Å²) in [5, 5.41) is 6.05. The molecule has 0 heterocycles. The van der Waals surface area contributed by atoms with Gasteiger partial charge >= 0.3 is 0 Å². The van der Waals surface area contributed by atoms with Crippen molar-refractivity contribution in [2.45, 2.75) is 13.0 Å². The summed E-state index contributed by atoms with van der Waals surface area (Å²) in [7, 11) is 1.65. The van der Waals surface area contributed by atoms with Crippen molar-refractivity contribution in [2.24, 2.45) is 0 Å². The molecule has 0 atom stereocenters. The number of hydrogen-bond donors (Lipinski definition) is 2. The SMILES string of the molecule is COc1ccc(CNCC(=O)NCCc2ccccc2)cc1. The first-order valence-corrected chi connectivity index (χ1v) is 7.42. The summed E-state index contributed by atoms with van der Waals surface area (Å²) >= 11 is 0. The van der Waals surface area contributed by atoms with E-state index in [9.17, 15) is 4.79 Å². The third kappa shape index (κ3) is 5.58. The molecule has 0 saturated heterocycles. The number of hydrogen-bond acceptors (Lipinski definition) is 3. The summed E-state index contributed by atoms with van der Waals surface area (Å²) in [4.78, 5) is 11.7. The van der Waals surface area contributed by atoms with Crippen molar-refractivity contribution in [3.8, 4) is 5.75 Å². The summed E-state index contributed by atoms with van der Waals surface area (Å²) < 4.78 is 5.11. The quantitative estimate of drug-likeness (QED) is 0.785. The number of carbonyl (C=O) groups excluding carboxylic acids is 1. The second-order valence-corrected chi connectivity index (χ2v) is 5.04. The molecule has 0 aromatic heterocycles. The van der Waals surface area contributed by atoms with Crippen LogP contribution in [0.25, 0.3) is 0 Å². The summed E-state index contributed by atoms with van der Waals surface area (Å²) in [6.45, 7) is 1.64. The van der Waals surface area contributed by atoms with Crippen molar-refractivity contribution in [3.63, 3.8) is 0 Å². The third-order valence-electron chi connectivity index (χ3n) is 3.35. The average molecular weight is 298 g/mol. The molecule has 0 radical (unpaired) electrons. The van der Waals surface area contributed by atoms with Crippen LogP contribution in [-0.4, -0.2) is 26.1 Å². The van der Waals surface area contributed by atoms with E-state index >= 15 is 0 Å². The van der Waals surface area contributed by atoms with Gasteiger partial charge in [0.25, 0.3) is 0 Å². The normalized spacial score (nSPS) is 10.2. The number of ether oxygens (including phenoxy) is 1. The van der Waals surface area contributed by atoms with Crippen LogP contribution in [0.1, 0.15) is 11.1 Å². The maximum atomic E-state index is 11.7. The standard InChI is InChI=1S/C18H22N2O2/c1-22-17-9-7-16(8-10-17)13-19-14-18(21)20-12-11-15-5-3-2-4-6-15/h2-10,19H,11-14H2,1H3,(H,20,21). The Balaban J connectivity index is 1.61. The molecule has 0 aliphatic heterocycles. The van der Waals surface area contributed by atoms with E-state index in [1.807, 2.05) is 42.5 Å². The minimum atomic E-state index is 0.0180. The molecule has 0 aliphatic rings. The predicted octanol–water partition coefficient (Wildman–Crippen LogP) is 2.14. The van der Waals surface area contributed by atoms with Crippen molar-refractivity contribution < 1.29 is 9.53 Å². The lowest BCUT2D eigenvalue weighted by Crippen LogP contribution is -2.34. The van der Waals surface area contributed by atoms with Gasteiger partial charge in [0.2, 0.25) is 5.91 Å². The van der Waals surface area contributed by atoms with E-state index in [1.54, 1.807) is 7.11 Å². The molecule has 2 rings (SSSR count). The Kier molecular flexibility index (Phi) is 6.45. The molecule has 116 valence electrons. The molecule has 0 saturated carbocycles. The summed E-state index contributed by atoms with van der Waals surface area (Å²) in [5.41, 5.74) is 2.35. The second-order valence-electron chi connectivity index (χ2n) is 5.04. The molecule has 0 spiro atoms. The van der Waals surface area contributed by atoms with Crippen LogP contribution in [0.2, 0.25) is 0 Å². The van der Waals surface area contributed by atoms with Gasteiger partial charge in [0, 0.05) is 13.1 Å². The van der Waals surface area contributed by atoms with Crippen molar-refractivity contribution in [3.05, 3.63) is 65.7 Å². The molecule has 0 fully saturated rings. The third-order valence-corrected chi connectivity index (χ3v) is 3.35. The van der Waals surface area contributed by atoms with Crippen LogP contribution in [0.15, 0.2) is 54.6 Å². The lowest BCUT2D eigenvalue weighted by molar-refractivity contribution is -0.120. The predicted molar refractivity (Wildman–Crippen MR) is 87.9 cm³/mol. The zero-order valence-corrected chi connectivity index (χ0v) is 12.8. The Morgan fingerprint density at radius 1 is 1.00 bits per heavy atom. The Labute approximate surface area is 131 Å². The first kappa shape index (κ1) is 16.0. The Bertz CT molecular complexity index is 567. The number of benzene rings is 2. The highest BCUT2D eigenvalue weighted by Crippen LogP contribution is 2.10. The van der Waals surface area contributed by atoms with Crippen molar-refractivity contribution in [1.82, 2.24) is 10.6 Å². The molecule has 0 bridgehead atoms. The van der Waals surface area contributed by atoms with E-state index < -0.39 is 0 Å². The zero-order chi connectivity index (χ0) is 15.6. The number of carbonyl (C=O) groups is 1. The van der Waals surface area contributed by atoms with Crippen LogP contribution in [0.5, 0.6) is 5.75 Å². The number of amides is 1. The van der Waals surface area contributed by atoms with Crippen LogP contribution < -0.4 is 15.4 Å². The van der Waals surface area contributed by atoms with Crippen molar-refractivity contribution in [2.75, 3.05) is 20.2 Å². The molecule has 0 aliphatic carbocycles. The first-order valence-electron chi connectivity index (χ1n) is 7.42. The van der Waals surface area contributed by atoms with Crippen LogP contribution >= 0.6 is 0 Å². The van der Waals surface area contributed by atoms with Gasteiger partial charge < -0.3 is 15.4 Å². The van der Waals surface area contributed by atoms with Crippen LogP contribution in [0.3, 0.4) is 0 Å². The fourth-order valence-corrected chi connectivity index (χ4v) is 2.12. The van der Waals surface area contributed by atoms with Gasteiger partial charge in [0.15, 0.2) is 0 Å². The van der Waals surface area contributed by atoms with E-state index in [4.69, 9.17) is 4.74 Å². The van der Waals surface area contributed by atoms with Gasteiger partial charge in [-0.1, -0.05) is 42.5 Å². The largest absolute Gasteiger partial charge is 0.497 e. The van der Waals surface area contributed by atoms with Crippen molar-refractivity contribution >= 4 is 5.91 Å². The Morgan fingerprint density at radius 2 is 1.73 bits per heavy atom. The van der Waals surface area contributed by atoms with E-state index in [1.165, 1.54) is 5.56 Å². The molecule has 22 heavy (non-hydrogen) atoms. The zero-order valence-electron chi connectivity index (χ0n) is 12.8. The number of methoxy groups -OCH3 is 1. The highest BCUT2D eigenvalue weighted by atomic mass is 16.5. The first-order chi connectivity index (χ1) is 10.8. The minimum absolute atomic E-state index is 0.0180. The Morgan fingerprint density at radius 3 is 2.41 bits per heavy atom. The molecule has 4 heteroatoms. The van der Waals surface area contributed by atoms with E-state index in [-0.39, 0.29) is 5.91 Å². The summed E-state index contributed by atoms with van der Waals surface area (Å²) in [5.74, 6) is 0.854. The van der Waals surface area contributed by atoms with E-state index in [2.05, 4.69) is 22.8 Å². The maximum absolute atomic E-state index is 11.7. The molecule has 2 aromatic carbocycles. The topological polar surface area (TPSA) is 50.4 Å². The molecule has 1 amide bonds. The molecular formula is C18H22N2O2. The smallest absolute Gasteiger partial charge is 0.233 e. The monoisotopic (exact) mass is 298 g/mol. The fourth-order valence-electron chi connectivity index (χ4n) is 2.12. The van der Waals surface area contributed by atoms with Gasteiger partial charge in [-0.3, -0.25) is 4.79 Å². The lowest BCUT2D eigenvalue weighted by atomic mass is 10.1. The van der Waals surface area contributed by atoms with Gasteiger partial charge in [0.1, 0.15) is 5.75 Å². The highest BCUT2D eigenvalue weighted by Gasteiger charge is 2.01. The average Bonchev–Trinajstić information content (AvgIpc) is 2.56. The van der Waals surface area contributed by atoms with Gasteiger partial charge in [0.05, 0.1) is 13.7 Å². The maximum Gasteiger partial charge on any atom is 0.233 e. The van der Waals surface area contributed by atoms with E-state index in [0.29, 0.717) is 19.6 Å². The minimum Gasteiger partial charge on any atom is -0.497 e. The van der Waals surface area contributed by atoms with Crippen LogP contribution in [-0.2, 0) is 17.8 Å². The second kappa shape index (κ2) is 8.85. The highest BCUT2D eigenvalue weighted by molar-refractivity contribution is 5.77. The van der Waals surface area contributed by atoms with Gasteiger partial charge in [-0.05, 0) is 29.7 Å². The van der Waals surface area contributed by atoms with Gasteiger partial charge in [-0.25, -0.2) is 0 Å². The summed E-state index contributed by atoms with van der Waals surface area (Å²) in [6, 6.07) is 17.9. The molecule has 2 N–H and O–H groups in total. The fraction of sp³-hybridized carbons (Fsp3) is 0.278. The van der Waals surface area contributed by atoms with Crippen LogP contribution in [0.4, 0.5) is 0 Å². The molecule has 0 unspecified atom stereocenters. The molecular weight excluding hydrogens is 276 g/mol. The molecule has 4 nitrogen and oxygen atoms in total. The molecule has 2 aromatic rings. The van der Waals surface area contributed by atoms with Crippen LogP contribution in [0, 0.1) is 0 Å². The Hall–Kier alpha value is -2.33. The van der Waals surface area contributed by atoms with Crippen molar-refractivity contribution in [1.29, 1.82) is 0 Å². The van der Waals surface area contributed by atoms with Gasteiger partial charge in [-0.2, -0.15) is 0 Å². The van der Waals surface area contributed by atoms with E-state index in [0.717, 1.165) is 17.7 Å². The number of nitrogens with one attached hydrogen (secondary N) is 2. The summed E-state index contributed by atoms with van der Waals surface area (Å²) in [6.07, 6.45) is 0.852. The lowest BCUT2D eigenvalue weighted by Gasteiger charge is -2.07.